The van der Waals surface area contributed by atoms with Crippen LogP contribution in [-0.2, 0) is 4.79 Å². The minimum atomic E-state index is -1.12. The summed E-state index contributed by atoms with van der Waals surface area (Å²) in [5.74, 6) is 1.01. The van der Waals surface area contributed by atoms with Gasteiger partial charge in [-0.1, -0.05) is 5.92 Å². The van der Waals surface area contributed by atoms with Crippen molar-refractivity contribution < 1.29 is 19.4 Å². The maximum absolute atomic E-state index is 12.0. The maximum atomic E-state index is 12.0. The normalized spacial score (nSPS) is 9.33. The predicted octanol–water partition coefficient (Wildman–Crippen LogP) is 0.250. The fourth-order valence-electron chi connectivity index (χ4n) is 1.28. The fraction of sp³-hybridized carbons (Fsp3) is 0.250. The predicted molar refractivity (Wildman–Crippen MR) is 63.2 cm³/mol. The van der Waals surface area contributed by atoms with Crippen LogP contribution in [0.5, 0.6) is 5.88 Å². The Morgan fingerprint density at radius 3 is 2.72 bits per heavy atom. The van der Waals surface area contributed by atoms with Crippen LogP contribution in [0.3, 0.4) is 0 Å². The molecule has 18 heavy (non-hydrogen) atoms. The molecule has 94 valence electrons. The Hall–Kier alpha value is -2.55. The number of carboxylic acid groups (broad SMARTS) is 1. The molecular formula is C12H12N2O4. The summed E-state index contributed by atoms with van der Waals surface area (Å²) < 4.78 is 4.86. The number of rotatable bonds is 5. The van der Waals surface area contributed by atoms with Gasteiger partial charge in [-0.25, -0.2) is 4.98 Å². The molecule has 0 atom stereocenters. The van der Waals surface area contributed by atoms with Crippen molar-refractivity contribution in [3.8, 4) is 18.2 Å². The van der Waals surface area contributed by atoms with Crippen molar-refractivity contribution in [2.75, 3.05) is 20.2 Å². The quantitative estimate of drug-likeness (QED) is 0.755. The average Bonchev–Trinajstić information content (AvgIpc) is 2.37. The molecule has 0 aliphatic carbocycles. The standard InChI is InChI=1S/C12H12N2O4/c1-3-6-14(8-11(15)16)12(17)9-4-5-10(18-2)13-7-9/h1,4-5,7H,6,8H2,2H3,(H,15,16). The number of carbonyl (C=O) groups is 2. The van der Waals surface area contributed by atoms with Gasteiger partial charge in [-0.05, 0) is 6.07 Å². The summed E-state index contributed by atoms with van der Waals surface area (Å²) in [5.41, 5.74) is 0.257. The number of ether oxygens (including phenoxy) is 1. The lowest BCUT2D eigenvalue weighted by Gasteiger charge is -2.17. The van der Waals surface area contributed by atoms with Gasteiger partial charge in [0.25, 0.3) is 5.91 Å². The average molecular weight is 248 g/mol. The van der Waals surface area contributed by atoms with E-state index in [2.05, 4.69) is 10.9 Å². The lowest BCUT2D eigenvalue weighted by molar-refractivity contribution is -0.137. The molecule has 1 rings (SSSR count). The highest BCUT2D eigenvalue weighted by atomic mass is 16.5. The van der Waals surface area contributed by atoms with E-state index in [0.717, 1.165) is 4.90 Å². The van der Waals surface area contributed by atoms with Gasteiger partial charge in [0.05, 0.1) is 19.2 Å². The minimum absolute atomic E-state index is 0.0723. The molecule has 1 aromatic heterocycles. The molecule has 0 fully saturated rings. The number of amides is 1. The molecule has 0 saturated heterocycles. The second-order valence-corrected chi connectivity index (χ2v) is 3.35. The Bertz CT molecular complexity index is 476. The zero-order chi connectivity index (χ0) is 13.5. The summed E-state index contributed by atoms with van der Waals surface area (Å²) in [7, 11) is 1.46. The molecule has 1 amide bonds. The van der Waals surface area contributed by atoms with Crippen LogP contribution in [0.4, 0.5) is 0 Å². The minimum Gasteiger partial charge on any atom is -0.481 e. The van der Waals surface area contributed by atoms with Crippen LogP contribution < -0.4 is 4.74 Å². The van der Waals surface area contributed by atoms with Gasteiger partial charge < -0.3 is 14.7 Å². The summed E-state index contributed by atoms with van der Waals surface area (Å²) in [6, 6.07) is 3.02. The molecule has 6 nitrogen and oxygen atoms in total. The molecule has 0 bridgehead atoms. The van der Waals surface area contributed by atoms with Crippen molar-refractivity contribution in [3.63, 3.8) is 0 Å². The first-order valence-electron chi connectivity index (χ1n) is 5.03. The third kappa shape index (κ3) is 3.49. The number of methoxy groups -OCH3 is 1. The molecule has 1 N–H and O–H groups in total. The second kappa shape index (κ2) is 6.25. The van der Waals surface area contributed by atoms with E-state index in [9.17, 15) is 9.59 Å². The first-order valence-corrected chi connectivity index (χ1v) is 5.03. The number of hydrogen-bond donors (Lipinski definition) is 1. The second-order valence-electron chi connectivity index (χ2n) is 3.35. The smallest absolute Gasteiger partial charge is 0.323 e. The summed E-state index contributed by atoms with van der Waals surface area (Å²) in [6.07, 6.45) is 6.41. The Kier molecular flexibility index (Phi) is 4.69. The van der Waals surface area contributed by atoms with Gasteiger partial charge in [-0.3, -0.25) is 9.59 Å². The molecule has 0 aliphatic heterocycles. The van der Waals surface area contributed by atoms with Crippen LogP contribution in [0.1, 0.15) is 10.4 Å². The van der Waals surface area contributed by atoms with Crippen molar-refractivity contribution in [2.24, 2.45) is 0 Å². The Morgan fingerprint density at radius 1 is 1.56 bits per heavy atom. The van der Waals surface area contributed by atoms with Crippen LogP contribution in [0.25, 0.3) is 0 Å². The van der Waals surface area contributed by atoms with Gasteiger partial charge in [0.2, 0.25) is 5.88 Å². The monoisotopic (exact) mass is 248 g/mol. The van der Waals surface area contributed by atoms with E-state index in [0.29, 0.717) is 5.88 Å². The van der Waals surface area contributed by atoms with E-state index < -0.39 is 18.4 Å². The third-order valence-corrected chi connectivity index (χ3v) is 2.09. The van der Waals surface area contributed by atoms with E-state index in [1.54, 1.807) is 0 Å². The van der Waals surface area contributed by atoms with Gasteiger partial charge in [-0.2, -0.15) is 0 Å². The third-order valence-electron chi connectivity index (χ3n) is 2.09. The Labute approximate surface area is 104 Å². The highest BCUT2D eigenvalue weighted by molar-refractivity contribution is 5.95. The van der Waals surface area contributed by atoms with E-state index in [1.165, 1.54) is 25.4 Å². The van der Waals surface area contributed by atoms with Gasteiger partial charge >= 0.3 is 5.97 Å². The molecular weight excluding hydrogens is 236 g/mol. The Balaban J connectivity index is 2.87. The van der Waals surface area contributed by atoms with Crippen LogP contribution in [-0.4, -0.2) is 47.1 Å². The first kappa shape index (κ1) is 13.5. The van der Waals surface area contributed by atoms with Crippen molar-refractivity contribution in [3.05, 3.63) is 23.9 Å². The molecule has 1 heterocycles. The summed E-state index contributed by atoms with van der Waals surface area (Å²) >= 11 is 0. The van der Waals surface area contributed by atoms with E-state index in [1.807, 2.05) is 0 Å². The molecule has 0 unspecified atom stereocenters. The lowest BCUT2D eigenvalue weighted by atomic mass is 10.2. The number of carbonyl (C=O) groups excluding carboxylic acids is 1. The molecule has 1 aromatic rings. The fourth-order valence-corrected chi connectivity index (χ4v) is 1.28. The molecule has 0 saturated carbocycles. The first-order chi connectivity index (χ1) is 8.58. The maximum Gasteiger partial charge on any atom is 0.323 e. The van der Waals surface area contributed by atoms with Crippen LogP contribution in [0.15, 0.2) is 18.3 Å². The topological polar surface area (TPSA) is 79.7 Å². The van der Waals surface area contributed by atoms with Gasteiger partial charge in [-0.15, -0.1) is 6.42 Å². The van der Waals surface area contributed by atoms with Crippen molar-refractivity contribution >= 4 is 11.9 Å². The molecule has 0 aromatic carbocycles. The van der Waals surface area contributed by atoms with Crippen molar-refractivity contribution in [1.82, 2.24) is 9.88 Å². The number of nitrogens with zero attached hydrogens (tertiary/aromatic N) is 2. The summed E-state index contributed by atoms with van der Waals surface area (Å²) in [6.45, 7) is -0.522. The largest absolute Gasteiger partial charge is 0.481 e. The van der Waals surface area contributed by atoms with Gasteiger partial charge in [0, 0.05) is 12.3 Å². The Morgan fingerprint density at radius 2 is 2.28 bits per heavy atom. The van der Waals surface area contributed by atoms with Crippen LogP contribution in [0, 0.1) is 12.3 Å². The van der Waals surface area contributed by atoms with Gasteiger partial charge in [0.1, 0.15) is 6.54 Å². The lowest BCUT2D eigenvalue weighted by Crippen LogP contribution is -2.36. The molecule has 6 heteroatoms. The molecule has 0 spiro atoms. The number of terminal acetylenes is 1. The van der Waals surface area contributed by atoms with Crippen LogP contribution >= 0.6 is 0 Å². The number of pyridine rings is 1. The summed E-state index contributed by atoms with van der Waals surface area (Å²) in [5, 5.41) is 8.69. The van der Waals surface area contributed by atoms with Gasteiger partial charge in [0.15, 0.2) is 0 Å². The van der Waals surface area contributed by atoms with E-state index >= 15 is 0 Å². The van der Waals surface area contributed by atoms with Crippen molar-refractivity contribution in [1.29, 1.82) is 0 Å². The van der Waals surface area contributed by atoms with E-state index in [-0.39, 0.29) is 12.1 Å². The molecule has 0 radical (unpaired) electrons. The number of hydrogen-bond acceptors (Lipinski definition) is 4. The van der Waals surface area contributed by atoms with Crippen LogP contribution in [0.2, 0.25) is 0 Å². The zero-order valence-corrected chi connectivity index (χ0v) is 9.79. The highest BCUT2D eigenvalue weighted by Gasteiger charge is 2.17. The van der Waals surface area contributed by atoms with Crippen molar-refractivity contribution in [2.45, 2.75) is 0 Å². The number of carboxylic acids is 1. The molecule has 0 aliphatic rings. The van der Waals surface area contributed by atoms with E-state index in [4.69, 9.17) is 16.3 Å². The number of aliphatic carboxylic acids is 1. The highest BCUT2D eigenvalue weighted by Crippen LogP contribution is 2.09. The summed E-state index contributed by atoms with van der Waals surface area (Å²) in [4.78, 5) is 27.5. The SMILES string of the molecule is C#CCN(CC(=O)O)C(=O)c1ccc(OC)nc1. The zero-order valence-electron chi connectivity index (χ0n) is 9.79. The number of aromatic nitrogens is 1.